The zero-order valence-electron chi connectivity index (χ0n) is 13.3. The summed E-state index contributed by atoms with van der Waals surface area (Å²) in [5.41, 5.74) is 1.04. The molecule has 1 saturated heterocycles. The molecule has 1 N–H and O–H groups in total. The second-order valence-corrected chi connectivity index (χ2v) is 6.27. The first-order valence-electron chi connectivity index (χ1n) is 7.17. The van der Waals surface area contributed by atoms with Gasteiger partial charge in [0.2, 0.25) is 5.91 Å². The lowest BCUT2D eigenvalue weighted by molar-refractivity contribution is -0.136. The summed E-state index contributed by atoms with van der Waals surface area (Å²) in [7, 11) is 1.78. The normalized spacial score (nSPS) is 19.9. The number of halogens is 1. The third-order valence-electron chi connectivity index (χ3n) is 4.25. The van der Waals surface area contributed by atoms with Gasteiger partial charge in [0.05, 0.1) is 6.10 Å². The van der Waals surface area contributed by atoms with Crippen LogP contribution in [0.1, 0.15) is 38.0 Å². The van der Waals surface area contributed by atoms with Gasteiger partial charge in [0.1, 0.15) is 11.4 Å². The fourth-order valence-electron chi connectivity index (χ4n) is 2.89. The zero-order chi connectivity index (χ0) is 15.9. The molecular formula is C16H23FN2O2. The second kappa shape index (κ2) is 5.30. The maximum atomic E-state index is 13.8. The topological polar surface area (TPSA) is 43.8 Å². The Morgan fingerprint density at radius 1 is 1.33 bits per heavy atom. The number of piperazine rings is 1. The van der Waals surface area contributed by atoms with E-state index in [4.69, 9.17) is 0 Å². The maximum Gasteiger partial charge on any atom is 0.247 e. The smallest absolute Gasteiger partial charge is 0.247 e. The third kappa shape index (κ3) is 2.62. The second-order valence-electron chi connectivity index (χ2n) is 6.27. The van der Waals surface area contributed by atoms with Gasteiger partial charge in [-0.3, -0.25) is 4.79 Å². The van der Waals surface area contributed by atoms with Crippen LogP contribution in [-0.4, -0.2) is 41.6 Å². The van der Waals surface area contributed by atoms with Crippen LogP contribution in [0.3, 0.4) is 0 Å². The van der Waals surface area contributed by atoms with Gasteiger partial charge >= 0.3 is 0 Å². The molecule has 1 aromatic rings. The van der Waals surface area contributed by atoms with Gasteiger partial charge in [0, 0.05) is 31.4 Å². The molecule has 2 rings (SSSR count). The van der Waals surface area contributed by atoms with E-state index in [-0.39, 0.29) is 11.7 Å². The predicted molar refractivity (Wildman–Crippen MR) is 80.8 cm³/mol. The van der Waals surface area contributed by atoms with Gasteiger partial charge in [-0.15, -0.1) is 0 Å². The molecule has 1 amide bonds. The number of carbonyl (C=O) groups excluding carboxylic acids is 1. The van der Waals surface area contributed by atoms with Crippen LogP contribution in [0.4, 0.5) is 10.1 Å². The number of likely N-dealkylation sites (N-methyl/N-ethyl adjacent to an activating group) is 1. The number of aliphatic hydroxyl groups is 1. The van der Waals surface area contributed by atoms with Gasteiger partial charge in [0.15, 0.2) is 0 Å². The minimum atomic E-state index is -0.791. The number of amides is 1. The molecule has 4 nitrogen and oxygen atoms in total. The molecule has 0 unspecified atom stereocenters. The van der Waals surface area contributed by atoms with Crippen LogP contribution in [-0.2, 0) is 4.79 Å². The first kappa shape index (κ1) is 15.8. The minimum absolute atomic E-state index is 0.0206. The van der Waals surface area contributed by atoms with E-state index in [0.717, 1.165) is 5.69 Å². The summed E-state index contributed by atoms with van der Waals surface area (Å²) in [5, 5.41) is 9.95. The Kier molecular flexibility index (Phi) is 3.97. The fourth-order valence-corrected chi connectivity index (χ4v) is 2.89. The number of rotatable bonds is 2. The van der Waals surface area contributed by atoms with Crippen LogP contribution < -0.4 is 4.90 Å². The van der Waals surface area contributed by atoms with Gasteiger partial charge < -0.3 is 14.9 Å². The van der Waals surface area contributed by atoms with Crippen molar-refractivity contribution >= 4 is 11.6 Å². The molecule has 1 atom stereocenters. The molecule has 0 aromatic heterocycles. The summed E-state index contributed by atoms with van der Waals surface area (Å²) in [6.45, 7) is 8.27. The van der Waals surface area contributed by atoms with Crippen molar-refractivity contribution in [3.05, 3.63) is 29.1 Å². The number of hydrogen-bond acceptors (Lipinski definition) is 3. The molecular weight excluding hydrogens is 271 g/mol. The lowest BCUT2D eigenvalue weighted by Gasteiger charge is -2.47. The summed E-state index contributed by atoms with van der Waals surface area (Å²) in [4.78, 5) is 16.1. The average molecular weight is 294 g/mol. The highest BCUT2D eigenvalue weighted by Crippen LogP contribution is 2.35. The lowest BCUT2D eigenvalue weighted by atomic mass is 9.94. The predicted octanol–water partition coefficient (Wildman–Crippen LogP) is 2.24. The van der Waals surface area contributed by atoms with Crippen molar-refractivity contribution < 1.29 is 14.3 Å². The van der Waals surface area contributed by atoms with Crippen molar-refractivity contribution in [1.29, 1.82) is 0 Å². The van der Waals surface area contributed by atoms with Crippen molar-refractivity contribution in [2.45, 2.75) is 39.3 Å². The number of hydrogen-bond donors (Lipinski definition) is 1. The Morgan fingerprint density at radius 2 is 1.95 bits per heavy atom. The molecule has 0 saturated carbocycles. The standard InChI is InChI=1S/C16H23FN2O2/c1-10-8-14(12(11(2)20)9-13(10)17)19-7-6-18(5)15(21)16(19,3)4/h8-9,11,20H,6-7H2,1-5H3/t11-/m1/s1. The molecule has 1 aliphatic rings. The summed E-state index contributed by atoms with van der Waals surface area (Å²) in [6, 6.07) is 3.09. The first-order valence-corrected chi connectivity index (χ1v) is 7.17. The van der Waals surface area contributed by atoms with Crippen LogP contribution in [0.25, 0.3) is 0 Å². The minimum Gasteiger partial charge on any atom is -0.389 e. The van der Waals surface area contributed by atoms with Crippen molar-refractivity contribution in [3.8, 4) is 0 Å². The molecule has 1 fully saturated rings. The van der Waals surface area contributed by atoms with Crippen molar-refractivity contribution in [2.75, 3.05) is 25.0 Å². The van der Waals surface area contributed by atoms with Crippen LogP contribution in [0.2, 0.25) is 0 Å². The summed E-state index contributed by atoms with van der Waals surface area (Å²) in [6.07, 6.45) is -0.791. The van der Waals surface area contributed by atoms with Crippen LogP contribution in [0.5, 0.6) is 0 Å². The van der Waals surface area contributed by atoms with Crippen molar-refractivity contribution in [1.82, 2.24) is 4.90 Å². The molecule has 1 heterocycles. The van der Waals surface area contributed by atoms with Gasteiger partial charge in [-0.25, -0.2) is 4.39 Å². The number of benzene rings is 1. The molecule has 0 radical (unpaired) electrons. The number of aryl methyl sites for hydroxylation is 1. The number of aliphatic hydroxyl groups excluding tert-OH is 1. The van der Waals surface area contributed by atoms with E-state index in [1.165, 1.54) is 6.07 Å². The molecule has 5 heteroatoms. The molecule has 21 heavy (non-hydrogen) atoms. The van der Waals surface area contributed by atoms with E-state index < -0.39 is 11.6 Å². The lowest BCUT2D eigenvalue weighted by Crippen LogP contribution is -2.62. The zero-order valence-corrected chi connectivity index (χ0v) is 13.3. The first-order chi connectivity index (χ1) is 9.66. The highest BCUT2D eigenvalue weighted by molar-refractivity contribution is 5.90. The van der Waals surface area contributed by atoms with Gasteiger partial charge in [-0.2, -0.15) is 0 Å². The fraction of sp³-hybridized carbons (Fsp3) is 0.562. The van der Waals surface area contributed by atoms with E-state index in [1.54, 1.807) is 31.9 Å². The molecule has 116 valence electrons. The van der Waals surface area contributed by atoms with E-state index >= 15 is 0 Å². The van der Waals surface area contributed by atoms with Crippen LogP contribution in [0.15, 0.2) is 12.1 Å². The highest BCUT2D eigenvalue weighted by atomic mass is 19.1. The third-order valence-corrected chi connectivity index (χ3v) is 4.25. The van der Waals surface area contributed by atoms with Gasteiger partial charge in [-0.1, -0.05) is 0 Å². The monoisotopic (exact) mass is 294 g/mol. The highest BCUT2D eigenvalue weighted by Gasteiger charge is 2.41. The summed E-state index contributed by atoms with van der Waals surface area (Å²) < 4.78 is 13.8. The number of carbonyl (C=O) groups is 1. The molecule has 1 aromatic carbocycles. The Labute approximate surface area is 125 Å². The summed E-state index contributed by atoms with van der Waals surface area (Å²) in [5.74, 6) is -0.319. The molecule has 0 spiro atoms. The SMILES string of the molecule is Cc1cc(N2CCN(C)C(=O)C2(C)C)c([C@@H](C)O)cc1F. The van der Waals surface area contributed by atoms with E-state index in [1.807, 2.05) is 18.7 Å². The maximum absolute atomic E-state index is 13.8. The van der Waals surface area contributed by atoms with Crippen LogP contribution in [0, 0.1) is 12.7 Å². The van der Waals surface area contributed by atoms with Crippen molar-refractivity contribution in [3.63, 3.8) is 0 Å². The van der Waals surface area contributed by atoms with Crippen LogP contribution >= 0.6 is 0 Å². The molecule has 0 aliphatic carbocycles. The Balaban J connectivity index is 2.55. The quantitative estimate of drug-likeness (QED) is 0.910. The number of anilines is 1. The average Bonchev–Trinajstić information content (AvgIpc) is 2.39. The van der Waals surface area contributed by atoms with Gasteiger partial charge in [-0.05, 0) is 45.4 Å². The van der Waals surface area contributed by atoms with E-state index in [2.05, 4.69) is 0 Å². The van der Waals surface area contributed by atoms with Gasteiger partial charge in [0.25, 0.3) is 0 Å². The Bertz CT molecular complexity index is 570. The molecule has 0 bridgehead atoms. The largest absolute Gasteiger partial charge is 0.389 e. The van der Waals surface area contributed by atoms with E-state index in [0.29, 0.717) is 24.2 Å². The Morgan fingerprint density at radius 3 is 2.52 bits per heavy atom. The molecule has 1 aliphatic heterocycles. The number of nitrogens with zero attached hydrogens (tertiary/aromatic N) is 2. The van der Waals surface area contributed by atoms with Crippen molar-refractivity contribution in [2.24, 2.45) is 0 Å². The van der Waals surface area contributed by atoms with E-state index in [9.17, 15) is 14.3 Å². The Hall–Kier alpha value is -1.62. The summed E-state index contributed by atoms with van der Waals surface area (Å²) >= 11 is 0.